The van der Waals surface area contributed by atoms with Crippen molar-refractivity contribution in [3.8, 4) is 0 Å². The number of aliphatic carboxylic acids is 2. The zero-order valence-corrected chi connectivity index (χ0v) is 63.8. The maximum Gasteiger partial charge on any atom is 2.00 e. The van der Waals surface area contributed by atoms with E-state index in [0.29, 0.717) is 0 Å². The molecule has 1 rings (SSSR count). The van der Waals surface area contributed by atoms with Gasteiger partial charge < -0.3 is 19.8 Å². The van der Waals surface area contributed by atoms with Gasteiger partial charge in [-0.2, -0.15) is 0 Å². The molecule has 90 heavy (non-hydrogen) atoms. The number of hydrogen-bond acceptors (Lipinski definition) is 4. The quantitative estimate of drug-likeness (QED) is 0.0449. The van der Waals surface area contributed by atoms with Crippen LogP contribution in [0.2, 0.25) is 0 Å². The first-order chi connectivity index (χ1) is 43.5. The molecule has 1 radical (unpaired) electrons. The Morgan fingerprint density at radius 1 is 0.289 bits per heavy atom. The smallest absolute Gasteiger partial charge is 0.550 e. The van der Waals surface area contributed by atoms with Crippen LogP contribution in [0.1, 0.15) is 448 Å². The molecule has 0 saturated heterocycles. The predicted molar refractivity (Wildman–Crippen MR) is 399 cm³/mol. The van der Waals surface area contributed by atoms with E-state index in [1.165, 1.54) is 289 Å². The normalized spacial score (nSPS) is 13.7. The van der Waals surface area contributed by atoms with Crippen LogP contribution in [0.5, 0.6) is 0 Å². The van der Waals surface area contributed by atoms with Crippen LogP contribution >= 0.6 is 0 Å². The molecule has 4 atom stereocenters. The van der Waals surface area contributed by atoms with Crippen molar-refractivity contribution in [3.05, 3.63) is 60.8 Å². The van der Waals surface area contributed by atoms with Crippen molar-refractivity contribution >= 4 is 11.9 Å². The summed E-state index contributed by atoms with van der Waals surface area (Å²) in [5, 5.41) is 20.4. The van der Waals surface area contributed by atoms with Crippen molar-refractivity contribution in [2.75, 3.05) is 0 Å². The van der Waals surface area contributed by atoms with Crippen molar-refractivity contribution in [1.82, 2.24) is 0 Å². The van der Waals surface area contributed by atoms with Crippen LogP contribution in [-0.2, 0) is 26.4 Å². The number of carbonyl (C=O) groups excluding carboxylic acids is 2. The molecule has 0 heterocycles. The predicted octanol–water partition coefficient (Wildman–Crippen LogP) is 27.9. The summed E-state index contributed by atoms with van der Waals surface area (Å²) < 4.78 is 0. The Kier molecular flexibility index (Phi) is 96.0. The molecule has 0 amide bonds. The Labute approximate surface area is 577 Å². The molecule has 5 heteroatoms. The second-order valence-corrected chi connectivity index (χ2v) is 27.7. The number of hydrogen-bond donors (Lipinski definition) is 0. The maximum absolute atomic E-state index is 10.2. The standard InChI is InChI=1S/C27H56.C18H32O2.C18H30O2.C16H34.C6H12.Co/c1-7-17-25(5)21-16-23-27(9-3)22-14-12-10-11-13-18-26(6)20-15-19-24(4)8-2;2*1-2-3-4-5-6-7-8-9-10-11-12-13-14-15-16-17-18(19)20;1-3-5-7-9-11-13-15-16-14-12-10-8-6-4-2;1-2-4-6-5-3-1;/h24-27H,7-23H2,1-6H3;6-7,9-10H,2-5,8,11-17H2,1H3,(H,19,20);3-4,6-7,9-10H,2,5,8,11-17H2,1H3,(H,19,20);3-16H2,1-2H3;1-6H2;/q;;;;;+2/p-2/b;7-6-,10-9-;4-3-,7-6-,10-9-;;;. The van der Waals surface area contributed by atoms with Gasteiger partial charge >= 0.3 is 16.8 Å². The average molecular weight is 1310 g/mol. The van der Waals surface area contributed by atoms with Crippen LogP contribution in [0.3, 0.4) is 0 Å². The number of carboxylic acids is 2. The third-order valence-corrected chi connectivity index (χ3v) is 18.4. The SMILES string of the molecule is C1CCCCC1.CC/C=C\C/C=C\C/C=C\CCCCCCCC(=O)[O-].CCCC(C)CCCC(CC)CCCCCCCC(C)CCCC(C)CC.CCCCC/C=C\C/C=C\CCCCCCCC(=O)[O-].CCCCCCCCCCCCCCCC.[Co+2]. The Bertz CT molecular complexity index is 1430. The minimum absolute atomic E-state index is 0. The molecule has 1 saturated carbocycles. The Morgan fingerprint density at radius 3 is 0.933 bits per heavy atom. The summed E-state index contributed by atoms with van der Waals surface area (Å²) in [5.41, 5.74) is 0. The fourth-order valence-corrected chi connectivity index (χ4v) is 11.9. The van der Waals surface area contributed by atoms with Crippen molar-refractivity contribution in [2.45, 2.75) is 448 Å². The second-order valence-electron chi connectivity index (χ2n) is 27.7. The molecule has 0 aromatic carbocycles. The molecule has 0 aliphatic heterocycles. The third-order valence-electron chi connectivity index (χ3n) is 18.4. The third kappa shape index (κ3) is 97.2. The summed E-state index contributed by atoms with van der Waals surface area (Å²) in [7, 11) is 0. The average Bonchev–Trinajstić information content (AvgIpc) is 3.60. The van der Waals surface area contributed by atoms with E-state index in [9.17, 15) is 19.8 Å². The van der Waals surface area contributed by atoms with Crippen molar-refractivity contribution in [1.29, 1.82) is 0 Å². The van der Waals surface area contributed by atoms with Gasteiger partial charge in [0.1, 0.15) is 0 Å². The summed E-state index contributed by atoms with van der Waals surface area (Å²) in [6, 6.07) is 0. The van der Waals surface area contributed by atoms with Crippen LogP contribution in [0.25, 0.3) is 0 Å². The van der Waals surface area contributed by atoms with Gasteiger partial charge in [-0.1, -0.05) is 419 Å². The van der Waals surface area contributed by atoms with E-state index in [4.69, 9.17) is 0 Å². The first-order valence-corrected chi connectivity index (χ1v) is 40.1. The van der Waals surface area contributed by atoms with Crippen LogP contribution in [0.15, 0.2) is 60.8 Å². The first kappa shape index (κ1) is 96.8. The van der Waals surface area contributed by atoms with Gasteiger partial charge in [0.05, 0.1) is 0 Å². The summed E-state index contributed by atoms with van der Waals surface area (Å²) in [5.74, 6) is 1.99. The number of rotatable bonds is 60. The summed E-state index contributed by atoms with van der Waals surface area (Å²) >= 11 is 0. The fraction of sp³-hybridized carbons (Fsp3) is 0.859. The summed E-state index contributed by atoms with van der Waals surface area (Å²) in [6.07, 6.45) is 99.0. The van der Waals surface area contributed by atoms with E-state index in [2.05, 4.69) is 130 Å². The van der Waals surface area contributed by atoms with Crippen LogP contribution in [0, 0.1) is 23.7 Å². The molecule has 1 aliphatic rings. The minimum atomic E-state index is -0.925. The molecule has 535 valence electrons. The monoisotopic (exact) mass is 1310 g/mol. The number of unbranched alkanes of at least 4 members (excludes halogenated alkanes) is 30. The molecule has 4 nitrogen and oxygen atoms in total. The van der Waals surface area contributed by atoms with Gasteiger partial charge in [-0.25, -0.2) is 0 Å². The van der Waals surface area contributed by atoms with Gasteiger partial charge in [-0.3, -0.25) is 0 Å². The molecule has 0 spiro atoms. The van der Waals surface area contributed by atoms with E-state index in [0.717, 1.165) is 101 Å². The topological polar surface area (TPSA) is 80.3 Å². The zero-order chi connectivity index (χ0) is 66.3. The van der Waals surface area contributed by atoms with Crippen molar-refractivity contribution < 1.29 is 36.6 Å². The van der Waals surface area contributed by atoms with Gasteiger partial charge in [-0.15, -0.1) is 0 Å². The van der Waals surface area contributed by atoms with Gasteiger partial charge in [0.15, 0.2) is 0 Å². The largest absolute Gasteiger partial charge is 2.00 e. The second kappa shape index (κ2) is 89.2. The molecule has 1 aliphatic carbocycles. The zero-order valence-electron chi connectivity index (χ0n) is 62.8. The van der Waals surface area contributed by atoms with Crippen LogP contribution < -0.4 is 10.2 Å². The first-order valence-electron chi connectivity index (χ1n) is 40.1. The van der Waals surface area contributed by atoms with Gasteiger partial charge in [-0.05, 0) is 114 Å². The van der Waals surface area contributed by atoms with Crippen molar-refractivity contribution in [3.63, 3.8) is 0 Å². The molecule has 1 fully saturated rings. The molecule has 0 N–H and O–H groups in total. The fourth-order valence-electron chi connectivity index (χ4n) is 11.9. The number of carbonyl (C=O) groups is 2. The van der Waals surface area contributed by atoms with Crippen molar-refractivity contribution in [2.24, 2.45) is 23.7 Å². The molecule has 0 aromatic rings. The molecule has 0 aromatic heterocycles. The van der Waals surface area contributed by atoms with Gasteiger partial charge in [0.25, 0.3) is 0 Å². The Hall–Kier alpha value is -1.85. The Balaban J connectivity index is -0.000000348. The molecule has 4 unspecified atom stereocenters. The van der Waals surface area contributed by atoms with E-state index < -0.39 is 11.9 Å². The maximum atomic E-state index is 10.2. The van der Waals surface area contributed by atoms with E-state index in [1.54, 1.807) is 0 Å². The van der Waals surface area contributed by atoms with Crippen LogP contribution in [-0.4, -0.2) is 11.9 Å². The molecular formula is C85H162CoO4. The minimum Gasteiger partial charge on any atom is -0.550 e. The van der Waals surface area contributed by atoms with E-state index >= 15 is 0 Å². The van der Waals surface area contributed by atoms with E-state index in [-0.39, 0.29) is 29.6 Å². The summed E-state index contributed by atoms with van der Waals surface area (Å²) in [4.78, 5) is 20.4. The molecule has 0 bridgehead atoms. The summed E-state index contributed by atoms with van der Waals surface area (Å²) in [6.45, 7) is 23.3. The molecular weight excluding hydrogens is 1140 g/mol. The Morgan fingerprint density at radius 2 is 0.567 bits per heavy atom. The van der Waals surface area contributed by atoms with Gasteiger partial charge in [0.2, 0.25) is 0 Å². The van der Waals surface area contributed by atoms with Gasteiger partial charge in [0, 0.05) is 11.9 Å². The van der Waals surface area contributed by atoms with E-state index in [1.807, 2.05) is 0 Å². The number of allylic oxidation sites excluding steroid dienone is 10. The number of carboxylic acid groups (broad SMARTS) is 2. The van der Waals surface area contributed by atoms with Crippen LogP contribution in [0.4, 0.5) is 0 Å².